The Hall–Kier alpha value is -2.76. The Morgan fingerprint density at radius 2 is 2.13 bits per heavy atom. The lowest BCUT2D eigenvalue weighted by atomic mass is 10.0. The molecule has 158 valence electrons. The van der Waals surface area contributed by atoms with Crippen molar-refractivity contribution < 1.29 is 14.6 Å². The summed E-state index contributed by atoms with van der Waals surface area (Å²) in [6.45, 7) is 3.88. The lowest BCUT2D eigenvalue weighted by molar-refractivity contribution is -0.0421. The van der Waals surface area contributed by atoms with Crippen molar-refractivity contribution in [1.29, 1.82) is 5.26 Å². The maximum atomic E-state index is 11.9. The zero-order chi connectivity index (χ0) is 21.9. The van der Waals surface area contributed by atoms with E-state index in [2.05, 4.69) is 11.1 Å². The smallest absolute Gasteiger partial charge is 0.409 e. The summed E-state index contributed by atoms with van der Waals surface area (Å²) in [6.07, 6.45) is 1.16. The van der Waals surface area contributed by atoms with Crippen LogP contribution in [0.1, 0.15) is 36.6 Å². The number of amides is 1. The molecule has 1 aromatic heterocycles. The van der Waals surface area contributed by atoms with Gasteiger partial charge in [0.1, 0.15) is 17.6 Å². The highest BCUT2D eigenvalue weighted by Gasteiger charge is 2.44. The lowest BCUT2D eigenvalue weighted by Gasteiger charge is -2.32. The molecule has 30 heavy (non-hydrogen) atoms. The number of benzene rings is 1. The van der Waals surface area contributed by atoms with Gasteiger partial charge in [0.2, 0.25) is 0 Å². The van der Waals surface area contributed by atoms with Crippen LogP contribution in [0, 0.1) is 11.3 Å². The number of carbonyl (C=O) groups is 1. The Morgan fingerprint density at radius 1 is 1.43 bits per heavy atom. The monoisotopic (exact) mass is 426 g/mol. The van der Waals surface area contributed by atoms with Gasteiger partial charge in [-0.3, -0.25) is 4.90 Å². The molecule has 1 aliphatic heterocycles. The molecule has 0 saturated carbocycles. The molecule has 1 amide bonds. The van der Waals surface area contributed by atoms with Crippen LogP contribution in [0.25, 0.3) is 0 Å². The van der Waals surface area contributed by atoms with Crippen molar-refractivity contribution in [3.63, 3.8) is 0 Å². The van der Waals surface area contributed by atoms with Gasteiger partial charge in [-0.1, -0.05) is 30.3 Å². The molecule has 0 radical (unpaired) electrons. The van der Waals surface area contributed by atoms with Crippen LogP contribution in [0.4, 0.5) is 10.6 Å². The fourth-order valence-corrected chi connectivity index (χ4v) is 4.93. The van der Waals surface area contributed by atoms with Crippen LogP contribution in [-0.2, 0) is 4.74 Å². The van der Waals surface area contributed by atoms with Crippen LogP contribution in [0.5, 0.6) is 0 Å². The minimum absolute atomic E-state index is 0.0555. The minimum Gasteiger partial charge on any atom is -0.465 e. The molecule has 1 aromatic carbocycles. The van der Waals surface area contributed by atoms with Crippen LogP contribution in [0.2, 0.25) is 0 Å². The molecule has 1 N–H and O–H groups in total. The third kappa shape index (κ3) is 4.69. The maximum Gasteiger partial charge on any atom is 0.409 e. The van der Waals surface area contributed by atoms with E-state index >= 15 is 0 Å². The van der Waals surface area contributed by atoms with Crippen molar-refractivity contribution in [1.82, 2.24) is 9.88 Å². The van der Waals surface area contributed by atoms with Crippen molar-refractivity contribution in [2.75, 3.05) is 25.6 Å². The summed E-state index contributed by atoms with van der Waals surface area (Å²) in [5.74, 6) is 0.765. The van der Waals surface area contributed by atoms with E-state index < -0.39 is 11.8 Å². The Kier molecular flexibility index (Phi) is 6.54. The summed E-state index contributed by atoms with van der Waals surface area (Å²) in [5.41, 5.74) is 0.712. The van der Waals surface area contributed by atoms with E-state index in [4.69, 9.17) is 4.74 Å². The first-order valence-electron chi connectivity index (χ1n) is 9.68. The first-order chi connectivity index (χ1) is 14.2. The van der Waals surface area contributed by atoms with Gasteiger partial charge in [0.25, 0.3) is 0 Å². The minimum atomic E-state index is -0.990. The van der Waals surface area contributed by atoms with Gasteiger partial charge in [0.15, 0.2) is 0 Å². The first-order valence-corrected chi connectivity index (χ1v) is 10.6. The summed E-state index contributed by atoms with van der Waals surface area (Å²) in [5, 5.41) is 19.3. The average molecular weight is 427 g/mol. The van der Waals surface area contributed by atoms with Gasteiger partial charge >= 0.3 is 6.09 Å². The van der Waals surface area contributed by atoms with Crippen LogP contribution in [0.15, 0.2) is 47.5 Å². The highest BCUT2D eigenvalue weighted by molar-refractivity contribution is 7.99. The molecular weight excluding hydrogens is 400 g/mol. The van der Waals surface area contributed by atoms with Crippen molar-refractivity contribution >= 4 is 23.7 Å². The highest BCUT2D eigenvalue weighted by atomic mass is 32.2. The molecule has 0 spiro atoms. The van der Waals surface area contributed by atoms with E-state index in [0.29, 0.717) is 18.6 Å². The number of ether oxygens (including phenoxy) is 1. The molecular formula is C22H26N4O3S. The predicted octanol–water partition coefficient (Wildman–Crippen LogP) is 4.36. The highest BCUT2D eigenvalue weighted by Crippen LogP contribution is 2.43. The molecule has 7 nitrogen and oxygen atoms in total. The Morgan fingerprint density at radius 3 is 2.73 bits per heavy atom. The number of rotatable bonds is 6. The van der Waals surface area contributed by atoms with E-state index in [1.807, 2.05) is 55.4 Å². The lowest BCUT2D eigenvalue weighted by Crippen LogP contribution is -2.47. The fourth-order valence-electron chi connectivity index (χ4n) is 3.62. The van der Waals surface area contributed by atoms with E-state index in [-0.39, 0.29) is 11.3 Å². The molecule has 1 saturated heterocycles. The number of aromatic nitrogens is 1. The summed E-state index contributed by atoms with van der Waals surface area (Å²) in [7, 11) is 3.81. The van der Waals surface area contributed by atoms with Gasteiger partial charge in [0.05, 0.1) is 18.2 Å². The molecule has 0 aliphatic carbocycles. The second-order valence-electron chi connectivity index (χ2n) is 7.86. The number of thioether (sulfide) groups is 1. The Labute approximate surface area is 181 Å². The van der Waals surface area contributed by atoms with Crippen molar-refractivity contribution in [3.05, 3.63) is 53.7 Å². The number of pyridine rings is 1. The number of anilines is 1. The number of hydrogen-bond acceptors (Lipinski definition) is 6. The average Bonchev–Trinajstić information content (AvgIpc) is 3.02. The van der Waals surface area contributed by atoms with Crippen LogP contribution >= 0.6 is 11.8 Å². The number of nitriles is 1. The summed E-state index contributed by atoms with van der Waals surface area (Å²) in [6, 6.07) is 13.8. The maximum absolute atomic E-state index is 11.9. The van der Waals surface area contributed by atoms with Crippen molar-refractivity contribution in [2.24, 2.45) is 0 Å². The largest absolute Gasteiger partial charge is 0.465 e. The van der Waals surface area contributed by atoms with E-state index in [1.165, 1.54) is 4.90 Å². The summed E-state index contributed by atoms with van der Waals surface area (Å²) >= 11 is 1.56. The molecule has 8 heteroatoms. The molecule has 1 fully saturated rings. The third-order valence-corrected chi connectivity index (χ3v) is 6.48. The molecule has 2 heterocycles. The van der Waals surface area contributed by atoms with E-state index in [0.717, 1.165) is 16.3 Å². The van der Waals surface area contributed by atoms with Gasteiger partial charge in [0, 0.05) is 30.4 Å². The van der Waals surface area contributed by atoms with Crippen LogP contribution < -0.4 is 4.90 Å². The number of nitrogens with zero attached hydrogens (tertiary/aromatic N) is 4. The van der Waals surface area contributed by atoms with Crippen molar-refractivity contribution in [3.8, 4) is 6.07 Å². The van der Waals surface area contributed by atoms with Gasteiger partial charge in [-0.15, -0.1) is 11.8 Å². The summed E-state index contributed by atoms with van der Waals surface area (Å²) in [4.78, 5) is 20.3. The topological polar surface area (TPSA) is 89.7 Å². The Balaban J connectivity index is 1.95. The van der Waals surface area contributed by atoms with Gasteiger partial charge < -0.3 is 14.7 Å². The quantitative estimate of drug-likeness (QED) is 0.687. The third-order valence-electron chi connectivity index (χ3n) is 5.14. The fraction of sp³-hybridized carbons (Fsp3) is 0.409. The molecule has 1 aliphatic rings. The second kappa shape index (κ2) is 8.94. The zero-order valence-electron chi connectivity index (χ0n) is 17.6. The van der Waals surface area contributed by atoms with Gasteiger partial charge in [-0.2, -0.15) is 5.26 Å². The van der Waals surface area contributed by atoms with Crippen LogP contribution in [-0.4, -0.2) is 53.6 Å². The van der Waals surface area contributed by atoms with Gasteiger partial charge in [-0.05, 0) is 31.9 Å². The molecule has 0 bridgehead atoms. The van der Waals surface area contributed by atoms with E-state index in [1.54, 1.807) is 31.8 Å². The van der Waals surface area contributed by atoms with Gasteiger partial charge in [-0.25, -0.2) is 9.78 Å². The molecule has 2 atom stereocenters. The molecule has 2 aromatic rings. The second-order valence-corrected chi connectivity index (χ2v) is 9.11. The van der Waals surface area contributed by atoms with Crippen LogP contribution in [0.3, 0.4) is 0 Å². The Bertz CT molecular complexity index is 943. The normalized spacial score (nSPS) is 18.6. The number of carboxylic acid groups (broad SMARTS) is 1. The molecule has 3 rings (SSSR count). The standard InChI is InChI=1S/C22H26N4O3S/c1-22(2)26(21(27)28)17(14-29-22)10-18(15-8-6-5-7-9-15)30-19-11-20(25(3)4)24-13-16(19)12-23/h5-9,11,13,17-18H,10,14H2,1-4H3,(H,27,28)/t17-,18+/m0/s1. The predicted molar refractivity (Wildman–Crippen MR) is 117 cm³/mol. The van der Waals surface area contributed by atoms with Crippen molar-refractivity contribution in [2.45, 2.75) is 42.2 Å². The SMILES string of the molecule is CN(C)c1cc(S[C@H](C[C@H]2COC(C)(C)N2C(=O)O)c2ccccc2)c(C#N)cn1. The summed E-state index contributed by atoms with van der Waals surface area (Å²) < 4.78 is 5.78. The zero-order valence-corrected chi connectivity index (χ0v) is 18.4. The molecule has 0 unspecified atom stereocenters. The first kappa shape index (κ1) is 21.9. The van der Waals surface area contributed by atoms with E-state index in [9.17, 15) is 15.2 Å². The number of hydrogen-bond donors (Lipinski definition) is 1.